The van der Waals surface area contributed by atoms with Crippen molar-refractivity contribution in [3.8, 4) is 0 Å². The van der Waals surface area contributed by atoms with Crippen LogP contribution in [0, 0.1) is 17.5 Å². The van der Waals surface area contributed by atoms with E-state index in [1.165, 1.54) is 34.1 Å². The van der Waals surface area contributed by atoms with Gasteiger partial charge in [0.2, 0.25) is 5.91 Å². The number of rotatable bonds is 3. The number of carbonyl (C=O) groups is 1. The summed E-state index contributed by atoms with van der Waals surface area (Å²) in [4.78, 5) is 14.4. The van der Waals surface area contributed by atoms with E-state index in [2.05, 4.69) is 0 Å². The van der Waals surface area contributed by atoms with Crippen LogP contribution in [0.2, 0.25) is 0 Å². The molecular weight excluding hydrogens is 319 g/mol. The minimum absolute atomic E-state index is 0.0219. The highest BCUT2D eigenvalue weighted by Crippen LogP contribution is 2.41. The molecule has 1 aliphatic heterocycles. The SMILES string of the molecule is O=C1CSC(c2cccs2)N1Cc1ccc(F)c(F)c1F. The molecule has 7 heteroatoms. The Bertz CT molecular complexity index is 675. The standard InChI is InChI=1S/C14H10F3NOS2/c15-9-4-3-8(12(16)13(9)17)6-18-11(19)7-21-14(18)10-2-1-5-20-10/h1-5,14H,6-7H2. The average molecular weight is 329 g/mol. The number of halogens is 3. The van der Waals surface area contributed by atoms with Gasteiger partial charge in [0.05, 0.1) is 12.3 Å². The van der Waals surface area contributed by atoms with Gasteiger partial charge in [-0.3, -0.25) is 4.79 Å². The summed E-state index contributed by atoms with van der Waals surface area (Å²) in [7, 11) is 0. The molecule has 0 aliphatic carbocycles. The molecule has 0 N–H and O–H groups in total. The van der Waals surface area contributed by atoms with Crippen LogP contribution in [0.5, 0.6) is 0 Å². The molecular formula is C14H10F3NOS2. The van der Waals surface area contributed by atoms with Gasteiger partial charge in [0.25, 0.3) is 0 Å². The molecule has 2 nitrogen and oxygen atoms in total. The predicted molar refractivity (Wildman–Crippen MR) is 76.4 cm³/mol. The third-order valence-electron chi connectivity index (χ3n) is 3.21. The molecule has 0 spiro atoms. The summed E-state index contributed by atoms with van der Waals surface area (Å²) in [6.07, 6.45) is 0. The Labute approximate surface area is 127 Å². The lowest BCUT2D eigenvalue weighted by Gasteiger charge is -2.23. The van der Waals surface area contributed by atoms with Gasteiger partial charge in [0.1, 0.15) is 5.37 Å². The molecule has 1 unspecified atom stereocenters. The van der Waals surface area contributed by atoms with Crippen molar-refractivity contribution >= 4 is 29.0 Å². The van der Waals surface area contributed by atoms with Crippen LogP contribution in [0.1, 0.15) is 15.8 Å². The molecule has 110 valence electrons. The van der Waals surface area contributed by atoms with E-state index in [0.717, 1.165) is 10.9 Å². The second kappa shape index (κ2) is 5.73. The van der Waals surface area contributed by atoms with E-state index in [9.17, 15) is 18.0 Å². The molecule has 2 heterocycles. The summed E-state index contributed by atoms with van der Waals surface area (Å²) in [6.45, 7) is -0.0720. The van der Waals surface area contributed by atoms with Gasteiger partial charge in [0.15, 0.2) is 17.5 Å². The maximum Gasteiger partial charge on any atom is 0.234 e. The highest BCUT2D eigenvalue weighted by Gasteiger charge is 2.34. The Morgan fingerprint density at radius 2 is 2.00 bits per heavy atom. The summed E-state index contributed by atoms with van der Waals surface area (Å²) in [5, 5.41) is 1.69. The summed E-state index contributed by atoms with van der Waals surface area (Å²) < 4.78 is 40.0. The van der Waals surface area contributed by atoms with E-state index < -0.39 is 17.5 Å². The van der Waals surface area contributed by atoms with Gasteiger partial charge in [-0.15, -0.1) is 23.1 Å². The second-order valence-corrected chi connectivity index (χ2v) is 6.58. The van der Waals surface area contributed by atoms with Gasteiger partial charge in [-0.25, -0.2) is 13.2 Å². The van der Waals surface area contributed by atoms with Crippen molar-refractivity contribution in [2.24, 2.45) is 0 Å². The van der Waals surface area contributed by atoms with Crippen LogP contribution in [0.3, 0.4) is 0 Å². The summed E-state index contributed by atoms with van der Waals surface area (Å²) in [5.41, 5.74) is -0.0219. The molecule has 0 bridgehead atoms. The molecule has 1 atom stereocenters. The number of amides is 1. The smallest absolute Gasteiger partial charge is 0.234 e. The molecule has 1 fully saturated rings. The second-order valence-electron chi connectivity index (χ2n) is 4.53. The zero-order valence-electron chi connectivity index (χ0n) is 10.7. The first-order valence-corrected chi connectivity index (χ1v) is 8.07. The maximum atomic E-state index is 13.8. The van der Waals surface area contributed by atoms with E-state index in [-0.39, 0.29) is 23.4 Å². The first-order chi connectivity index (χ1) is 10.1. The molecule has 0 radical (unpaired) electrons. The van der Waals surface area contributed by atoms with Crippen molar-refractivity contribution in [1.82, 2.24) is 4.90 Å². The predicted octanol–water partition coefficient (Wildman–Crippen LogP) is 3.94. The van der Waals surface area contributed by atoms with Crippen LogP contribution < -0.4 is 0 Å². The van der Waals surface area contributed by atoms with Gasteiger partial charge in [-0.2, -0.15) is 0 Å². The molecule has 21 heavy (non-hydrogen) atoms. The number of thioether (sulfide) groups is 1. The van der Waals surface area contributed by atoms with Gasteiger partial charge in [-0.1, -0.05) is 12.1 Å². The van der Waals surface area contributed by atoms with E-state index in [0.29, 0.717) is 5.75 Å². The van der Waals surface area contributed by atoms with E-state index in [4.69, 9.17) is 0 Å². The molecule has 2 aromatic rings. The van der Waals surface area contributed by atoms with Crippen LogP contribution in [0.25, 0.3) is 0 Å². The first kappa shape index (κ1) is 14.5. The summed E-state index contributed by atoms with van der Waals surface area (Å²) in [5.74, 6) is -3.80. The quantitative estimate of drug-likeness (QED) is 0.795. The molecule has 0 saturated carbocycles. The number of thiophene rings is 1. The molecule has 1 aliphatic rings. The molecule has 1 aromatic carbocycles. The van der Waals surface area contributed by atoms with Crippen molar-refractivity contribution in [2.75, 3.05) is 5.75 Å². The number of hydrogen-bond acceptors (Lipinski definition) is 3. The van der Waals surface area contributed by atoms with Crippen molar-refractivity contribution in [2.45, 2.75) is 11.9 Å². The fraction of sp³-hybridized carbons (Fsp3) is 0.214. The Morgan fingerprint density at radius 1 is 1.19 bits per heavy atom. The van der Waals surface area contributed by atoms with Gasteiger partial charge < -0.3 is 4.90 Å². The van der Waals surface area contributed by atoms with Crippen LogP contribution in [-0.4, -0.2) is 16.6 Å². The van der Waals surface area contributed by atoms with Crippen molar-refractivity contribution in [3.05, 3.63) is 57.5 Å². The molecule has 1 amide bonds. The normalized spacial score (nSPS) is 18.5. The lowest BCUT2D eigenvalue weighted by Crippen LogP contribution is -2.28. The van der Waals surface area contributed by atoms with Crippen molar-refractivity contribution in [3.63, 3.8) is 0 Å². The zero-order chi connectivity index (χ0) is 15.0. The summed E-state index contributed by atoms with van der Waals surface area (Å²) >= 11 is 2.95. The Kier molecular flexibility index (Phi) is 3.95. The third-order valence-corrected chi connectivity index (χ3v) is 5.52. The van der Waals surface area contributed by atoms with E-state index >= 15 is 0 Å². The Balaban J connectivity index is 1.89. The third kappa shape index (κ3) is 2.67. The summed E-state index contributed by atoms with van der Waals surface area (Å²) in [6, 6.07) is 5.83. The lowest BCUT2D eigenvalue weighted by atomic mass is 10.1. The monoisotopic (exact) mass is 329 g/mol. The minimum Gasteiger partial charge on any atom is -0.321 e. The van der Waals surface area contributed by atoms with Crippen LogP contribution in [-0.2, 0) is 11.3 Å². The lowest BCUT2D eigenvalue weighted by molar-refractivity contribution is -0.128. The van der Waals surface area contributed by atoms with Crippen molar-refractivity contribution in [1.29, 1.82) is 0 Å². The van der Waals surface area contributed by atoms with Gasteiger partial charge in [-0.05, 0) is 17.5 Å². The van der Waals surface area contributed by atoms with Crippen LogP contribution in [0.4, 0.5) is 13.2 Å². The Morgan fingerprint density at radius 3 is 2.71 bits per heavy atom. The van der Waals surface area contributed by atoms with Gasteiger partial charge in [0, 0.05) is 10.4 Å². The highest BCUT2D eigenvalue weighted by molar-refractivity contribution is 8.00. The number of nitrogens with zero attached hydrogens (tertiary/aromatic N) is 1. The topological polar surface area (TPSA) is 20.3 Å². The molecule has 1 saturated heterocycles. The minimum atomic E-state index is -1.50. The number of carbonyl (C=O) groups excluding carboxylic acids is 1. The zero-order valence-corrected chi connectivity index (χ0v) is 12.3. The highest BCUT2D eigenvalue weighted by atomic mass is 32.2. The van der Waals surface area contributed by atoms with Gasteiger partial charge >= 0.3 is 0 Å². The fourth-order valence-corrected chi connectivity index (χ4v) is 4.33. The molecule has 1 aromatic heterocycles. The van der Waals surface area contributed by atoms with Crippen LogP contribution >= 0.6 is 23.1 Å². The number of hydrogen-bond donors (Lipinski definition) is 0. The molecule has 3 rings (SSSR count). The van der Waals surface area contributed by atoms with E-state index in [1.54, 1.807) is 0 Å². The number of benzene rings is 1. The Hall–Kier alpha value is -1.47. The van der Waals surface area contributed by atoms with E-state index in [1.807, 2.05) is 17.5 Å². The largest absolute Gasteiger partial charge is 0.321 e. The maximum absolute atomic E-state index is 13.8. The van der Waals surface area contributed by atoms with Crippen LogP contribution in [0.15, 0.2) is 29.6 Å². The first-order valence-electron chi connectivity index (χ1n) is 6.15. The van der Waals surface area contributed by atoms with Crippen molar-refractivity contribution < 1.29 is 18.0 Å². The average Bonchev–Trinajstić information content (AvgIpc) is 3.10. The fourth-order valence-electron chi connectivity index (χ4n) is 2.16.